The minimum absolute atomic E-state index is 0.00517. The summed E-state index contributed by atoms with van der Waals surface area (Å²) in [6.45, 7) is 3.91. The highest BCUT2D eigenvalue weighted by Crippen LogP contribution is 2.28. The molecular weight excluding hydrogens is 310 g/mol. The molecule has 0 bridgehead atoms. The van der Waals surface area contributed by atoms with Gasteiger partial charge >= 0.3 is 5.97 Å². The van der Waals surface area contributed by atoms with Crippen LogP contribution in [-0.4, -0.2) is 48.5 Å². The Morgan fingerprint density at radius 1 is 1.42 bits per heavy atom. The summed E-state index contributed by atoms with van der Waals surface area (Å²) in [5.41, 5.74) is 0.626. The van der Waals surface area contributed by atoms with Crippen molar-refractivity contribution in [1.29, 1.82) is 0 Å². The first-order valence-corrected chi connectivity index (χ1v) is 7.99. The van der Waals surface area contributed by atoms with E-state index in [4.69, 9.17) is 4.74 Å². The second-order valence-corrected chi connectivity index (χ2v) is 6.58. The number of carboxylic acid groups (broad SMARTS) is 1. The van der Waals surface area contributed by atoms with Crippen molar-refractivity contribution in [2.24, 2.45) is 10.5 Å². The van der Waals surface area contributed by atoms with Crippen LogP contribution < -0.4 is 10.3 Å². The molecule has 0 saturated carbocycles. The van der Waals surface area contributed by atoms with E-state index >= 15 is 0 Å². The third kappa shape index (κ3) is 3.41. The number of para-hydroxylation sites is 1. The Bertz CT molecular complexity index is 653. The van der Waals surface area contributed by atoms with Crippen molar-refractivity contribution >= 4 is 23.3 Å². The average Bonchev–Trinajstić information content (AvgIpc) is 3.21. The van der Waals surface area contributed by atoms with Crippen molar-refractivity contribution in [2.45, 2.75) is 25.8 Å². The smallest absolute Gasteiger partial charge is 0.352 e. The summed E-state index contributed by atoms with van der Waals surface area (Å²) in [4.78, 5) is 23.9. The summed E-state index contributed by atoms with van der Waals surface area (Å²) in [5, 5.41) is 17.8. The molecule has 128 valence electrons. The van der Waals surface area contributed by atoms with Crippen molar-refractivity contribution < 1.29 is 19.4 Å². The van der Waals surface area contributed by atoms with Crippen LogP contribution >= 0.6 is 0 Å². The van der Waals surface area contributed by atoms with Crippen molar-refractivity contribution in [3.05, 3.63) is 30.3 Å². The molecular formula is C17H21N3O4. The summed E-state index contributed by atoms with van der Waals surface area (Å²) in [7, 11) is 0. The Labute approximate surface area is 140 Å². The molecule has 1 saturated heterocycles. The van der Waals surface area contributed by atoms with Gasteiger partial charge in [0.2, 0.25) is 5.91 Å². The molecule has 0 unspecified atom stereocenters. The lowest BCUT2D eigenvalue weighted by Crippen LogP contribution is -2.46. The highest BCUT2D eigenvalue weighted by Gasteiger charge is 2.37. The molecule has 3 rings (SSSR count). The topological polar surface area (TPSA) is 91.2 Å². The standard InChI is InChI=1S/C17H21N3O4/c1-17(7-8-24-11-17)10-18-15(21)14-9-13(16(22)23)19-20(14)12-5-3-2-4-6-12/h2-6,14H,7-11H2,1H3,(H,18,21)(H,22,23)/t14-,17-/m0/s1. The van der Waals surface area contributed by atoms with Crippen LogP contribution in [-0.2, 0) is 14.3 Å². The number of carboxylic acids is 1. The minimum atomic E-state index is -1.10. The van der Waals surface area contributed by atoms with Crippen molar-refractivity contribution in [3.8, 4) is 0 Å². The molecule has 1 fully saturated rings. The lowest BCUT2D eigenvalue weighted by atomic mass is 9.90. The molecule has 0 radical (unpaired) electrons. The maximum atomic E-state index is 12.6. The van der Waals surface area contributed by atoms with E-state index < -0.39 is 12.0 Å². The lowest BCUT2D eigenvalue weighted by Gasteiger charge is -2.26. The largest absolute Gasteiger partial charge is 0.477 e. The third-order valence-corrected chi connectivity index (χ3v) is 4.47. The van der Waals surface area contributed by atoms with E-state index in [0.29, 0.717) is 25.4 Å². The normalized spacial score (nSPS) is 26.3. The fourth-order valence-electron chi connectivity index (χ4n) is 2.93. The number of carbonyl (C=O) groups is 2. The fraction of sp³-hybridized carbons (Fsp3) is 0.471. The molecule has 1 aromatic carbocycles. The van der Waals surface area contributed by atoms with Gasteiger partial charge in [0.1, 0.15) is 11.8 Å². The Hall–Kier alpha value is -2.41. The van der Waals surface area contributed by atoms with Gasteiger partial charge in [0.15, 0.2) is 0 Å². The number of amides is 1. The molecule has 1 amide bonds. The highest BCUT2D eigenvalue weighted by atomic mass is 16.5. The van der Waals surface area contributed by atoms with Gasteiger partial charge in [0.25, 0.3) is 0 Å². The number of hydrogen-bond donors (Lipinski definition) is 2. The van der Waals surface area contributed by atoms with Gasteiger partial charge in [0.05, 0.1) is 12.3 Å². The molecule has 7 nitrogen and oxygen atoms in total. The summed E-state index contributed by atoms with van der Waals surface area (Å²) in [6.07, 6.45) is 0.987. The van der Waals surface area contributed by atoms with Crippen LogP contribution in [0.4, 0.5) is 5.69 Å². The van der Waals surface area contributed by atoms with Crippen molar-refractivity contribution in [3.63, 3.8) is 0 Å². The number of hydrogen-bond acceptors (Lipinski definition) is 5. The van der Waals surface area contributed by atoms with Crippen molar-refractivity contribution in [2.75, 3.05) is 24.8 Å². The molecule has 7 heteroatoms. The molecule has 0 spiro atoms. The second kappa shape index (κ2) is 6.60. The first-order valence-electron chi connectivity index (χ1n) is 7.99. The first-order chi connectivity index (χ1) is 11.5. The Kier molecular flexibility index (Phi) is 4.53. The second-order valence-electron chi connectivity index (χ2n) is 6.58. The zero-order chi connectivity index (χ0) is 17.2. The maximum Gasteiger partial charge on any atom is 0.352 e. The Morgan fingerprint density at radius 2 is 2.17 bits per heavy atom. The van der Waals surface area contributed by atoms with Gasteiger partial charge in [-0.2, -0.15) is 5.10 Å². The van der Waals surface area contributed by atoms with Crippen LogP contribution in [0.1, 0.15) is 19.8 Å². The molecule has 0 aliphatic carbocycles. The molecule has 2 heterocycles. The molecule has 2 N–H and O–H groups in total. The number of anilines is 1. The van der Waals surface area contributed by atoms with E-state index in [1.807, 2.05) is 18.2 Å². The van der Waals surface area contributed by atoms with Crippen LogP contribution in [0.25, 0.3) is 0 Å². The number of carbonyl (C=O) groups excluding carboxylic acids is 1. The van der Waals surface area contributed by atoms with E-state index in [0.717, 1.165) is 6.42 Å². The third-order valence-electron chi connectivity index (χ3n) is 4.47. The zero-order valence-electron chi connectivity index (χ0n) is 13.6. The van der Waals surface area contributed by atoms with E-state index in [9.17, 15) is 14.7 Å². The monoisotopic (exact) mass is 331 g/mol. The molecule has 24 heavy (non-hydrogen) atoms. The molecule has 2 aliphatic heterocycles. The van der Waals surface area contributed by atoms with Crippen LogP contribution in [0, 0.1) is 5.41 Å². The number of nitrogens with one attached hydrogen (secondary N) is 1. The summed E-state index contributed by atoms with van der Waals surface area (Å²) >= 11 is 0. The fourth-order valence-corrected chi connectivity index (χ4v) is 2.93. The molecule has 0 aromatic heterocycles. The summed E-state index contributed by atoms with van der Waals surface area (Å²) in [6, 6.07) is 8.48. The van der Waals surface area contributed by atoms with Crippen LogP contribution in [0.3, 0.4) is 0 Å². The van der Waals surface area contributed by atoms with Gasteiger partial charge in [-0.05, 0) is 18.6 Å². The van der Waals surface area contributed by atoms with Gasteiger partial charge in [0, 0.05) is 25.0 Å². The molecule has 2 atom stereocenters. The predicted octanol–water partition coefficient (Wildman–Crippen LogP) is 1.25. The summed E-state index contributed by atoms with van der Waals surface area (Å²) < 4.78 is 5.39. The van der Waals surface area contributed by atoms with E-state index in [-0.39, 0.29) is 23.5 Å². The SMILES string of the molecule is C[C@@]1(CNC(=O)[C@@H]2CC(C(=O)O)=NN2c2ccccc2)CCOC1. The number of ether oxygens (including phenoxy) is 1. The number of rotatable bonds is 5. The maximum absolute atomic E-state index is 12.6. The number of aliphatic carboxylic acids is 1. The van der Waals surface area contributed by atoms with Gasteiger partial charge in [-0.25, -0.2) is 4.79 Å². The van der Waals surface area contributed by atoms with Gasteiger partial charge in [-0.1, -0.05) is 25.1 Å². The molecule has 1 aromatic rings. The highest BCUT2D eigenvalue weighted by molar-refractivity contribution is 6.37. The summed E-state index contributed by atoms with van der Waals surface area (Å²) in [5.74, 6) is -1.31. The quantitative estimate of drug-likeness (QED) is 0.847. The van der Waals surface area contributed by atoms with E-state index in [1.54, 1.807) is 12.1 Å². The number of hydrazone groups is 1. The van der Waals surface area contributed by atoms with Gasteiger partial charge in [-0.3, -0.25) is 9.80 Å². The Morgan fingerprint density at radius 3 is 2.79 bits per heavy atom. The Balaban J connectivity index is 1.73. The van der Waals surface area contributed by atoms with Crippen LogP contribution in [0.5, 0.6) is 0 Å². The average molecular weight is 331 g/mol. The van der Waals surface area contributed by atoms with E-state index in [1.165, 1.54) is 5.01 Å². The van der Waals surface area contributed by atoms with Crippen LogP contribution in [0.2, 0.25) is 0 Å². The lowest BCUT2D eigenvalue weighted by molar-refractivity contribution is -0.129. The van der Waals surface area contributed by atoms with E-state index in [2.05, 4.69) is 17.3 Å². The predicted molar refractivity (Wildman–Crippen MR) is 88.9 cm³/mol. The van der Waals surface area contributed by atoms with Crippen molar-refractivity contribution in [1.82, 2.24) is 5.32 Å². The van der Waals surface area contributed by atoms with Crippen LogP contribution in [0.15, 0.2) is 35.4 Å². The number of nitrogens with zero attached hydrogens (tertiary/aromatic N) is 2. The zero-order valence-corrected chi connectivity index (χ0v) is 13.6. The molecule has 2 aliphatic rings. The number of benzene rings is 1. The van der Waals surface area contributed by atoms with Gasteiger partial charge < -0.3 is 15.2 Å². The van der Waals surface area contributed by atoms with Gasteiger partial charge in [-0.15, -0.1) is 0 Å². The first kappa shape index (κ1) is 16.4. The minimum Gasteiger partial charge on any atom is -0.477 e.